The van der Waals surface area contributed by atoms with Gasteiger partial charge in [-0.05, 0) is 23.6 Å². The van der Waals surface area contributed by atoms with Crippen LogP contribution in [0.4, 0.5) is 0 Å². The van der Waals surface area contributed by atoms with Gasteiger partial charge in [0.1, 0.15) is 5.75 Å². The van der Waals surface area contributed by atoms with E-state index in [0.29, 0.717) is 11.6 Å². The fourth-order valence-corrected chi connectivity index (χ4v) is 3.66. The number of aliphatic carboxylic acids is 1. The number of rotatable bonds is 6. The van der Waals surface area contributed by atoms with E-state index >= 15 is 0 Å². The molecule has 0 bridgehead atoms. The summed E-state index contributed by atoms with van der Waals surface area (Å²) < 4.78 is 16.7. The first kappa shape index (κ1) is 16.0. The van der Waals surface area contributed by atoms with Gasteiger partial charge < -0.3 is 5.11 Å². The molecule has 19 heavy (non-hydrogen) atoms. The summed E-state index contributed by atoms with van der Waals surface area (Å²) in [4.78, 5) is 10.9. The molecule has 0 aliphatic heterocycles. The molecule has 6 heteroatoms. The summed E-state index contributed by atoms with van der Waals surface area (Å²) >= 11 is 5.87. The maximum atomic E-state index is 12.6. The Morgan fingerprint density at radius 3 is 2.68 bits per heavy atom. The molecular weight excluding hydrogens is 286 g/mol. The van der Waals surface area contributed by atoms with Crippen LogP contribution in [-0.2, 0) is 20.3 Å². The summed E-state index contributed by atoms with van der Waals surface area (Å²) in [5.74, 6) is -1.17. The van der Waals surface area contributed by atoms with E-state index in [0.717, 1.165) is 5.56 Å². The number of hydrogen-bond donors (Lipinski definition) is 1. The van der Waals surface area contributed by atoms with Crippen LogP contribution in [0, 0.1) is 5.92 Å². The SMILES string of the molecule is CC(C)CN=S(=O)(CC(=O)O)Cc1cccc(Cl)c1. The van der Waals surface area contributed by atoms with Gasteiger partial charge in [-0.2, -0.15) is 0 Å². The molecule has 0 saturated heterocycles. The van der Waals surface area contributed by atoms with Gasteiger partial charge in [0.2, 0.25) is 0 Å². The molecule has 106 valence electrons. The lowest BCUT2D eigenvalue weighted by atomic mass is 10.2. The molecule has 0 saturated carbocycles. The maximum Gasteiger partial charge on any atom is 0.317 e. The predicted octanol–water partition coefficient (Wildman–Crippen LogP) is 3.05. The Bertz CT molecular complexity index is 563. The largest absolute Gasteiger partial charge is 0.481 e. The maximum absolute atomic E-state index is 12.6. The molecule has 4 nitrogen and oxygen atoms in total. The van der Waals surface area contributed by atoms with Crippen molar-refractivity contribution in [1.29, 1.82) is 0 Å². The Morgan fingerprint density at radius 2 is 2.16 bits per heavy atom. The fraction of sp³-hybridized carbons (Fsp3) is 0.462. The van der Waals surface area contributed by atoms with Gasteiger partial charge in [-0.15, -0.1) is 0 Å². The average molecular weight is 304 g/mol. The number of nitrogens with zero attached hydrogens (tertiary/aromatic N) is 1. The van der Waals surface area contributed by atoms with Crippen LogP contribution in [0.5, 0.6) is 0 Å². The number of hydrogen-bond acceptors (Lipinski definition) is 3. The minimum atomic E-state index is -2.79. The molecule has 1 aromatic carbocycles. The van der Waals surface area contributed by atoms with E-state index in [1.54, 1.807) is 24.3 Å². The summed E-state index contributed by atoms with van der Waals surface area (Å²) in [7, 11) is -2.79. The third-order valence-electron chi connectivity index (χ3n) is 2.31. The van der Waals surface area contributed by atoms with Crippen molar-refractivity contribution in [2.75, 3.05) is 12.3 Å². The van der Waals surface area contributed by atoms with Gasteiger partial charge in [0, 0.05) is 5.02 Å². The first-order valence-electron chi connectivity index (χ1n) is 5.95. The summed E-state index contributed by atoms with van der Waals surface area (Å²) in [5.41, 5.74) is 0.742. The lowest BCUT2D eigenvalue weighted by Gasteiger charge is -2.10. The third kappa shape index (κ3) is 6.07. The molecule has 0 aliphatic rings. The van der Waals surface area contributed by atoms with Gasteiger partial charge >= 0.3 is 5.97 Å². The van der Waals surface area contributed by atoms with E-state index < -0.39 is 21.5 Å². The summed E-state index contributed by atoms with van der Waals surface area (Å²) in [6.07, 6.45) is 0. The Balaban J connectivity index is 3.01. The highest BCUT2D eigenvalue weighted by Gasteiger charge is 2.15. The van der Waals surface area contributed by atoms with Crippen molar-refractivity contribution in [1.82, 2.24) is 0 Å². The van der Waals surface area contributed by atoms with Crippen LogP contribution in [0.3, 0.4) is 0 Å². The van der Waals surface area contributed by atoms with Crippen LogP contribution < -0.4 is 0 Å². The van der Waals surface area contributed by atoms with Crippen LogP contribution in [0.2, 0.25) is 5.02 Å². The van der Waals surface area contributed by atoms with Gasteiger partial charge in [0.15, 0.2) is 0 Å². The molecule has 0 radical (unpaired) electrons. The van der Waals surface area contributed by atoms with Crippen molar-refractivity contribution < 1.29 is 14.1 Å². The fourth-order valence-electron chi connectivity index (χ4n) is 1.51. The standard InChI is InChI=1S/C13H18ClNO3S/c1-10(2)7-15-19(18,9-13(16)17)8-11-4-3-5-12(14)6-11/h3-6,10H,7-9H2,1-2H3,(H,16,17). The Labute approximate surface area is 119 Å². The molecule has 1 rings (SSSR count). The highest BCUT2D eigenvalue weighted by Crippen LogP contribution is 2.15. The van der Waals surface area contributed by atoms with Crippen LogP contribution in [0.25, 0.3) is 0 Å². The zero-order chi connectivity index (χ0) is 14.5. The van der Waals surface area contributed by atoms with Crippen LogP contribution in [0.1, 0.15) is 19.4 Å². The van der Waals surface area contributed by atoms with Crippen LogP contribution in [0.15, 0.2) is 28.6 Å². The first-order valence-corrected chi connectivity index (χ1v) is 8.18. The minimum absolute atomic E-state index is 0.118. The number of carboxylic acids is 1. The van der Waals surface area contributed by atoms with E-state index in [4.69, 9.17) is 16.7 Å². The van der Waals surface area contributed by atoms with Crippen molar-refractivity contribution in [3.05, 3.63) is 34.9 Å². The second kappa shape index (κ2) is 6.91. The summed E-state index contributed by atoms with van der Waals surface area (Å²) in [6, 6.07) is 6.93. The van der Waals surface area contributed by atoms with Gasteiger partial charge in [-0.25, -0.2) is 8.57 Å². The van der Waals surface area contributed by atoms with Crippen molar-refractivity contribution in [3.8, 4) is 0 Å². The molecule has 0 aromatic heterocycles. The van der Waals surface area contributed by atoms with E-state index in [-0.39, 0.29) is 11.7 Å². The van der Waals surface area contributed by atoms with E-state index in [1.807, 2.05) is 13.8 Å². The van der Waals surface area contributed by atoms with Crippen LogP contribution in [-0.4, -0.2) is 27.6 Å². The van der Waals surface area contributed by atoms with Gasteiger partial charge in [-0.3, -0.25) is 4.79 Å². The lowest BCUT2D eigenvalue weighted by molar-refractivity contribution is -0.134. The molecule has 0 heterocycles. The lowest BCUT2D eigenvalue weighted by Crippen LogP contribution is -2.18. The molecule has 1 atom stereocenters. The zero-order valence-electron chi connectivity index (χ0n) is 11.0. The highest BCUT2D eigenvalue weighted by atomic mass is 35.5. The quantitative estimate of drug-likeness (QED) is 0.878. The highest BCUT2D eigenvalue weighted by molar-refractivity contribution is 7.93. The molecule has 1 aromatic rings. The molecule has 0 fully saturated rings. The van der Waals surface area contributed by atoms with E-state index in [1.165, 1.54) is 0 Å². The topological polar surface area (TPSA) is 66.7 Å². The Morgan fingerprint density at radius 1 is 1.47 bits per heavy atom. The first-order chi connectivity index (χ1) is 8.81. The number of halogens is 1. The van der Waals surface area contributed by atoms with Gasteiger partial charge in [-0.1, -0.05) is 37.6 Å². The van der Waals surface area contributed by atoms with Crippen molar-refractivity contribution in [2.24, 2.45) is 10.3 Å². The molecular formula is C13H18ClNO3S. The second-order valence-electron chi connectivity index (χ2n) is 4.79. The molecule has 1 unspecified atom stereocenters. The van der Waals surface area contributed by atoms with Crippen molar-refractivity contribution in [2.45, 2.75) is 19.6 Å². The number of benzene rings is 1. The molecule has 1 N–H and O–H groups in total. The third-order valence-corrected chi connectivity index (χ3v) is 4.64. The average Bonchev–Trinajstić information content (AvgIpc) is 2.25. The monoisotopic (exact) mass is 303 g/mol. The van der Waals surface area contributed by atoms with E-state index in [9.17, 15) is 9.00 Å². The smallest absolute Gasteiger partial charge is 0.317 e. The minimum Gasteiger partial charge on any atom is -0.481 e. The summed E-state index contributed by atoms with van der Waals surface area (Å²) in [6.45, 7) is 4.29. The number of carbonyl (C=O) groups is 1. The van der Waals surface area contributed by atoms with Crippen LogP contribution >= 0.6 is 11.6 Å². The molecule has 0 aliphatic carbocycles. The normalized spacial score (nSPS) is 14.1. The number of carboxylic acid groups (broad SMARTS) is 1. The van der Waals surface area contributed by atoms with Gasteiger partial charge in [0.25, 0.3) is 0 Å². The molecule has 0 amide bonds. The Kier molecular flexibility index (Phi) is 5.82. The predicted molar refractivity (Wildman–Crippen MR) is 77.9 cm³/mol. The molecule has 0 spiro atoms. The van der Waals surface area contributed by atoms with E-state index in [2.05, 4.69) is 4.36 Å². The van der Waals surface area contributed by atoms with Gasteiger partial charge in [0.05, 0.1) is 22.0 Å². The Hall–Kier alpha value is -1.07. The van der Waals surface area contributed by atoms with Crippen molar-refractivity contribution >= 4 is 27.3 Å². The van der Waals surface area contributed by atoms with Crippen molar-refractivity contribution in [3.63, 3.8) is 0 Å². The zero-order valence-corrected chi connectivity index (χ0v) is 12.6. The summed E-state index contributed by atoms with van der Waals surface area (Å²) in [5, 5.41) is 9.42. The second-order valence-corrected chi connectivity index (χ2v) is 7.61.